The molecule has 1 aromatic carbocycles. The Morgan fingerprint density at radius 2 is 2.11 bits per heavy atom. The third-order valence-electron chi connectivity index (χ3n) is 4.16. The molecule has 0 aliphatic carbocycles. The predicted octanol–water partition coefficient (Wildman–Crippen LogP) is 5.19. The molecule has 28 heavy (non-hydrogen) atoms. The number of amides is 1. The van der Waals surface area contributed by atoms with Gasteiger partial charge in [0.05, 0.1) is 17.8 Å². The molecule has 3 aromatic rings. The number of hydrogen-bond donors (Lipinski definition) is 2. The van der Waals surface area contributed by atoms with Crippen LogP contribution in [0.1, 0.15) is 36.3 Å². The molecule has 0 saturated carbocycles. The molecule has 0 saturated heterocycles. The average molecular weight is 446 g/mol. The summed E-state index contributed by atoms with van der Waals surface area (Å²) in [5.74, 6) is 0.346. The molecule has 0 unspecified atom stereocenters. The fraction of sp³-hybridized carbons (Fsp3) is 0.333. The van der Waals surface area contributed by atoms with Crippen molar-refractivity contribution in [3.05, 3.63) is 52.3 Å². The zero-order valence-corrected chi connectivity index (χ0v) is 17.8. The van der Waals surface area contributed by atoms with Crippen molar-refractivity contribution in [1.29, 1.82) is 0 Å². The van der Waals surface area contributed by atoms with Crippen LogP contribution in [0.2, 0.25) is 0 Å². The van der Waals surface area contributed by atoms with Crippen molar-refractivity contribution in [3.63, 3.8) is 0 Å². The smallest absolute Gasteiger partial charge is 0.270 e. The molecule has 0 spiro atoms. The van der Waals surface area contributed by atoms with Gasteiger partial charge in [-0.3, -0.25) is 4.79 Å². The van der Waals surface area contributed by atoms with E-state index in [1.807, 2.05) is 45.0 Å². The van der Waals surface area contributed by atoms with Crippen LogP contribution >= 0.6 is 15.9 Å². The number of halogens is 1. The standard InChI is InChI=1S/C21H24BrN3O3/c1-13(2)27-9-4-8-23-21(26)18-12-19-16(7-10-28-19)20(25-18)24-15-5-6-17(22)14(3)11-15/h5-7,10-13H,4,8-9H2,1-3H3,(H,23,26)(H,24,25). The summed E-state index contributed by atoms with van der Waals surface area (Å²) in [7, 11) is 0. The molecule has 6 nitrogen and oxygen atoms in total. The van der Waals surface area contributed by atoms with Gasteiger partial charge in [-0.1, -0.05) is 15.9 Å². The van der Waals surface area contributed by atoms with Crippen molar-refractivity contribution in [3.8, 4) is 0 Å². The van der Waals surface area contributed by atoms with Gasteiger partial charge in [0.2, 0.25) is 0 Å². The van der Waals surface area contributed by atoms with Gasteiger partial charge in [0, 0.05) is 29.4 Å². The number of hydrogen-bond acceptors (Lipinski definition) is 5. The maximum atomic E-state index is 12.5. The summed E-state index contributed by atoms with van der Waals surface area (Å²) in [6.45, 7) is 7.13. The Bertz CT molecular complexity index is 969. The first-order valence-electron chi connectivity index (χ1n) is 9.25. The number of benzene rings is 1. The maximum Gasteiger partial charge on any atom is 0.270 e. The van der Waals surface area contributed by atoms with Crippen molar-refractivity contribution in [2.45, 2.75) is 33.3 Å². The lowest BCUT2D eigenvalue weighted by Gasteiger charge is -2.11. The summed E-state index contributed by atoms with van der Waals surface area (Å²) in [4.78, 5) is 17.0. The van der Waals surface area contributed by atoms with Crippen molar-refractivity contribution >= 4 is 44.3 Å². The van der Waals surface area contributed by atoms with Crippen molar-refractivity contribution in [2.75, 3.05) is 18.5 Å². The fourth-order valence-corrected chi connectivity index (χ4v) is 2.97. The Balaban J connectivity index is 1.75. The molecule has 2 N–H and O–H groups in total. The molecule has 2 aromatic heterocycles. The lowest BCUT2D eigenvalue weighted by atomic mass is 10.2. The number of ether oxygens (including phenoxy) is 1. The monoisotopic (exact) mass is 445 g/mol. The third kappa shape index (κ3) is 5.11. The highest BCUT2D eigenvalue weighted by Gasteiger charge is 2.14. The van der Waals surface area contributed by atoms with Crippen LogP contribution in [-0.4, -0.2) is 30.1 Å². The minimum absolute atomic E-state index is 0.189. The van der Waals surface area contributed by atoms with E-state index in [-0.39, 0.29) is 12.0 Å². The molecular weight excluding hydrogens is 422 g/mol. The number of aromatic nitrogens is 1. The van der Waals surface area contributed by atoms with Crippen LogP contribution in [0, 0.1) is 6.92 Å². The SMILES string of the molecule is Cc1cc(Nc2nc(C(=O)NCCCOC(C)C)cc3occc23)ccc1Br. The molecule has 0 radical (unpaired) electrons. The van der Waals surface area contributed by atoms with Crippen LogP contribution in [0.4, 0.5) is 11.5 Å². The fourth-order valence-electron chi connectivity index (χ4n) is 2.72. The number of rotatable bonds is 8. The average Bonchev–Trinajstić information content (AvgIpc) is 3.13. The first kappa shape index (κ1) is 20.4. The molecular formula is C21H24BrN3O3. The van der Waals surface area contributed by atoms with Gasteiger partial charge in [-0.05, 0) is 57.0 Å². The minimum atomic E-state index is -0.238. The van der Waals surface area contributed by atoms with E-state index in [2.05, 4.69) is 31.5 Å². The Morgan fingerprint density at radius 3 is 2.86 bits per heavy atom. The van der Waals surface area contributed by atoms with E-state index in [1.165, 1.54) is 0 Å². The second-order valence-corrected chi connectivity index (χ2v) is 7.66. The second kappa shape index (κ2) is 9.21. The Labute approximate surface area is 172 Å². The summed E-state index contributed by atoms with van der Waals surface area (Å²) in [6.07, 6.45) is 2.53. The normalized spacial score (nSPS) is 11.2. The van der Waals surface area contributed by atoms with Crippen molar-refractivity contribution in [1.82, 2.24) is 10.3 Å². The van der Waals surface area contributed by atoms with Crippen LogP contribution in [0.5, 0.6) is 0 Å². The summed E-state index contributed by atoms with van der Waals surface area (Å²) in [5.41, 5.74) is 2.91. The summed E-state index contributed by atoms with van der Waals surface area (Å²) >= 11 is 3.50. The molecule has 148 valence electrons. The van der Waals surface area contributed by atoms with E-state index in [4.69, 9.17) is 9.15 Å². The maximum absolute atomic E-state index is 12.5. The van der Waals surface area contributed by atoms with Gasteiger partial charge in [-0.2, -0.15) is 0 Å². The third-order valence-corrected chi connectivity index (χ3v) is 5.05. The van der Waals surface area contributed by atoms with Gasteiger partial charge < -0.3 is 19.8 Å². The number of nitrogens with one attached hydrogen (secondary N) is 2. The Morgan fingerprint density at radius 1 is 1.29 bits per heavy atom. The van der Waals surface area contributed by atoms with E-state index < -0.39 is 0 Å². The Hall–Kier alpha value is -2.38. The molecule has 0 aliphatic heterocycles. The molecule has 0 aliphatic rings. The second-order valence-electron chi connectivity index (χ2n) is 6.81. The summed E-state index contributed by atoms with van der Waals surface area (Å²) < 4.78 is 12.0. The number of carbonyl (C=O) groups excluding carboxylic acids is 1. The van der Waals surface area contributed by atoms with E-state index in [1.54, 1.807) is 12.3 Å². The highest BCUT2D eigenvalue weighted by molar-refractivity contribution is 9.10. The quantitative estimate of drug-likeness (QED) is 0.466. The first-order valence-corrected chi connectivity index (χ1v) is 10.0. The van der Waals surface area contributed by atoms with Crippen LogP contribution in [0.3, 0.4) is 0 Å². The van der Waals surface area contributed by atoms with E-state index >= 15 is 0 Å². The van der Waals surface area contributed by atoms with Crippen molar-refractivity contribution < 1.29 is 13.9 Å². The number of anilines is 2. The van der Waals surface area contributed by atoms with Gasteiger partial charge in [0.25, 0.3) is 5.91 Å². The lowest BCUT2D eigenvalue weighted by Crippen LogP contribution is -2.26. The largest absolute Gasteiger partial charge is 0.464 e. The highest BCUT2D eigenvalue weighted by Crippen LogP contribution is 2.28. The zero-order chi connectivity index (χ0) is 20.1. The van der Waals surface area contributed by atoms with Gasteiger partial charge in [0.15, 0.2) is 0 Å². The predicted molar refractivity (Wildman–Crippen MR) is 114 cm³/mol. The summed E-state index contributed by atoms with van der Waals surface area (Å²) in [5, 5.41) is 7.00. The molecule has 2 heterocycles. The number of aryl methyl sites for hydroxylation is 1. The van der Waals surface area contributed by atoms with E-state index in [0.717, 1.165) is 27.5 Å². The number of pyridine rings is 1. The number of fused-ring (bicyclic) bond motifs is 1. The minimum Gasteiger partial charge on any atom is -0.464 e. The highest BCUT2D eigenvalue weighted by atomic mass is 79.9. The number of carbonyl (C=O) groups is 1. The molecule has 0 fully saturated rings. The number of nitrogens with zero attached hydrogens (tertiary/aromatic N) is 1. The van der Waals surface area contributed by atoms with Gasteiger partial charge >= 0.3 is 0 Å². The zero-order valence-electron chi connectivity index (χ0n) is 16.2. The molecule has 7 heteroatoms. The van der Waals surface area contributed by atoms with Crippen LogP contribution < -0.4 is 10.6 Å². The lowest BCUT2D eigenvalue weighted by molar-refractivity contribution is 0.0756. The van der Waals surface area contributed by atoms with E-state index in [0.29, 0.717) is 30.2 Å². The van der Waals surface area contributed by atoms with Gasteiger partial charge in [0.1, 0.15) is 17.1 Å². The van der Waals surface area contributed by atoms with Gasteiger partial charge in [-0.25, -0.2) is 4.98 Å². The van der Waals surface area contributed by atoms with E-state index in [9.17, 15) is 4.79 Å². The number of furan rings is 1. The van der Waals surface area contributed by atoms with Gasteiger partial charge in [-0.15, -0.1) is 0 Å². The Kier molecular flexibility index (Phi) is 6.70. The molecule has 0 bridgehead atoms. The first-order chi connectivity index (χ1) is 13.4. The molecule has 1 amide bonds. The van der Waals surface area contributed by atoms with Crippen LogP contribution in [-0.2, 0) is 4.74 Å². The van der Waals surface area contributed by atoms with Crippen LogP contribution in [0.15, 0.2) is 45.5 Å². The van der Waals surface area contributed by atoms with Crippen LogP contribution in [0.25, 0.3) is 11.0 Å². The molecule has 0 atom stereocenters. The van der Waals surface area contributed by atoms with Crippen molar-refractivity contribution in [2.24, 2.45) is 0 Å². The topological polar surface area (TPSA) is 76.4 Å². The summed E-state index contributed by atoms with van der Waals surface area (Å²) in [6, 6.07) is 9.43. The molecule has 3 rings (SSSR count).